The van der Waals surface area contributed by atoms with Gasteiger partial charge in [0.2, 0.25) is 0 Å². The van der Waals surface area contributed by atoms with E-state index in [9.17, 15) is 4.79 Å². The van der Waals surface area contributed by atoms with Crippen molar-refractivity contribution in [1.82, 2.24) is 14.8 Å². The molecular formula is C14H23N3O. The first-order chi connectivity index (χ1) is 8.65. The predicted molar refractivity (Wildman–Crippen MR) is 72.8 cm³/mol. The van der Waals surface area contributed by atoms with Crippen molar-refractivity contribution in [2.75, 3.05) is 20.1 Å². The first kappa shape index (κ1) is 13.1. The number of aryl methyl sites for hydroxylation is 1. The Labute approximate surface area is 109 Å². The SMILES string of the molecule is CNCC1CCCCN1C(=O)c1ccc(C)n1C. The quantitative estimate of drug-likeness (QED) is 0.882. The molecule has 0 aromatic carbocycles. The molecule has 4 heteroatoms. The van der Waals surface area contributed by atoms with Crippen LogP contribution in [0.15, 0.2) is 12.1 Å². The van der Waals surface area contributed by atoms with E-state index in [1.54, 1.807) is 0 Å². The summed E-state index contributed by atoms with van der Waals surface area (Å²) in [5.41, 5.74) is 1.93. The normalized spacial score (nSPS) is 20.2. The molecule has 1 atom stereocenters. The van der Waals surface area contributed by atoms with Crippen LogP contribution in [0.5, 0.6) is 0 Å². The lowest BCUT2D eigenvalue weighted by Crippen LogP contribution is -2.48. The van der Waals surface area contributed by atoms with Crippen molar-refractivity contribution in [3.05, 3.63) is 23.5 Å². The molecule has 0 aliphatic carbocycles. The molecule has 0 bridgehead atoms. The van der Waals surface area contributed by atoms with Crippen molar-refractivity contribution in [3.8, 4) is 0 Å². The third kappa shape index (κ3) is 2.43. The average molecular weight is 249 g/mol. The number of hydrogen-bond acceptors (Lipinski definition) is 2. The number of rotatable bonds is 3. The Balaban J connectivity index is 2.18. The van der Waals surface area contributed by atoms with Crippen LogP contribution in [0.2, 0.25) is 0 Å². The summed E-state index contributed by atoms with van der Waals surface area (Å²) in [7, 11) is 3.91. The molecule has 0 radical (unpaired) electrons. The van der Waals surface area contributed by atoms with Crippen LogP contribution >= 0.6 is 0 Å². The van der Waals surface area contributed by atoms with Gasteiger partial charge in [0.15, 0.2) is 0 Å². The number of hydrogen-bond donors (Lipinski definition) is 1. The monoisotopic (exact) mass is 249 g/mol. The second-order valence-corrected chi connectivity index (χ2v) is 5.12. The molecule has 1 fully saturated rings. The first-order valence-corrected chi connectivity index (χ1v) is 6.73. The smallest absolute Gasteiger partial charge is 0.270 e. The Morgan fingerprint density at radius 2 is 2.22 bits per heavy atom. The van der Waals surface area contributed by atoms with Crippen molar-refractivity contribution in [3.63, 3.8) is 0 Å². The molecule has 1 aliphatic heterocycles. The van der Waals surface area contributed by atoms with Gasteiger partial charge in [0.1, 0.15) is 5.69 Å². The van der Waals surface area contributed by atoms with Crippen LogP contribution in [0, 0.1) is 6.92 Å². The van der Waals surface area contributed by atoms with Gasteiger partial charge >= 0.3 is 0 Å². The molecule has 0 spiro atoms. The molecule has 2 rings (SSSR count). The van der Waals surface area contributed by atoms with E-state index in [0.29, 0.717) is 6.04 Å². The lowest BCUT2D eigenvalue weighted by atomic mass is 10.0. The molecule has 1 aliphatic rings. The number of carbonyl (C=O) groups is 1. The van der Waals surface area contributed by atoms with E-state index in [1.165, 1.54) is 6.42 Å². The highest BCUT2D eigenvalue weighted by Gasteiger charge is 2.28. The van der Waals surface area contributed by atoms with Crippen molar-refractivity contribution in [1.29, 1.82) is 0 Å². The summed E-state index contributed by atoms with van der Waals surface area (Å²) in [6.45, 7) is 3.79. The minimum Gasteiger partial charge on any atom is -0.344 e. The first-order valence-electron chi connectivity index (χ1n) is 6.73. The lowest BCUT2D eigenvalue weighted by molar-refractivity contribution is 0.0605. The van der Waals surface area contributed by atoms with Crippen molar-refractivity contribution in [2.24, 2.45) is 7.05 Å². The van der Waals surface area contributed by atoms with Crippen LogP contribution < -0.4 is 5.32 Å². The Morgan fingerprint density at radius 3 is 2.83 bits per heavy atom. The maximum Gasteiger partial charge on any atom is 0.270 e. The highest BCUT2D eigenvalue weighted by molar-refractivity contribution is 5.93. The van der Waals surface area contributed by atoms with Gasteiger partial charge in [-0.3, -0.25) is 4.79 Å². The topological polar surface area (TPSA) is 37.3 Å². The van der Waals surface area contributed by atoms with Crippen LogP contribution in [0.3, 0.4) is 0 Å². The highest BCUT2D eigenvalue weighted by atomic mass is 16.2. The number of nitrogens with zero attached hydrogens (tertiary/aromatic N) is 2. The molecule has 2 heterocycles. The summed E-state index contributed by atoms with van der Waals surface area (Å²) < 4.78 is 1.98. The van der Waals surface area contributed by atoms with Crippen LogP contribution in [0.1, 0.15) is 35.4 Å². The number of carbonyl (C=O) groups excluding carboxylic acids is 1. The molecule has 18 heavy (non-hydrogen) atoms. The molecular weight excluding hydrogens is 226 g/mol. The number of nitrogens with one attached hydrogen (secondary N) is 1. The third-order valence-corrected chi connectivity index (χ3v) is 3.92. The fraction of sp³-hybridized carbons (Fsp3) is 0.643. The summed E-state index contributed by atoms with van der Waals surface area (Å²) in [6.07, 6.45) is 3.45. The van der Waals surface area contributed by atoms with Crippen molar-refractivity contribution < 1.29 is 4.79 Å². The fourth-order valence-corrected chi connectivity index (χ4v) is 2.69. The van der Waals surface area contributed by atoms with Gasteiger partial charge in [-0.05, 0) is 45.4 Å². The van der Waals surface area contributed by atoms with Gasteiger partial charge in [-0.25, -0.2) is 0 Å². The molecule has 1 unspecified atom stereocenters. The average Bonchev–Trinajstić information content (AvgIpc) is 2.70. The maximum absolute atomic E-state index is 12.6. The molecule has 4 nitrogen and oxygen atoms in total. The zero-order valence-corrected chi connectivity index (χ0v) is 11.6. The van der Waals surface area contributed by atoms with Gasteiger partial charge in [0.25, 0.3) is 5.91 Å². The second kappa shape index (κ2) is 5.57. The Bertz CT molecular complexity index is 423. The second-order valence-electron chi connectivity index (χ2n) is 5.12. The zero-order chi connectivity index (χ0) is 13.1. The van der Waals surface area contributed by atoms with E-state index in [1.807, 2.05) is 42.6 Å². The Hall–Kier alpha value is -1.29. The highest BCUT2D eigenvalue weighted by Crippen LogP contribution is 2.20. The van der Waals surface area contributed by atoms with Crippen LogP contribution in [0.25, 0.3) is 0 Å². The van der Waals surface area contributed by atoms with Crippen LogP contribution in [0.4, 0.5) is 0 Å². The predicted octanol–water partition coefficient (Wildman–Crippen LogP) is 1.55. The zero-order valence-electron chi connectivity index (χ0n) is 11.6. The van der Waals surface area contributed by atoms with Crippen LogP contribution in [-0.4, -0.2) is 41.6 Å². The van der Waals surface area contributed by atoms with E-state index in [0.717, 1.165) is 37.3 Å². The summed E-state index contributed by atoms with van der Waals surface area (Å²) in [4.78, 5) is 14.6. The van der Waals surface area contributed by atoms with Gasteiger partial charge in [-0.1, -0.05) is 0 Å². The molecule has 1 aromatic heterocycles. The largest absolute Gasteiger partial charge is 0.344 e. The molecule has 1 saturated heterocycles. The molecule has 100 valence electrons. The number of aromatic nitrogens is 1. The fourth-order valence-electron chi connectivity index (χ4n) is 2.69. The molecule has 1 N–H and O–H groups in total. The molecule has 1 aromatic rings. The maximum atomic E-state index is 12.6. The van der Waals surface area contributed by atoms with Gasteiger partial charge in [0.05, 0.1) is 0 Å². The van der Waals surface area contributed by atoms with E-state index in [-0.39, 0.29) is 5.91 Å². The molecule has 0 saturated carbocycles. The number of amides is 1. The number of likely N-dealkylation sites (N-methyl/N-ethyl adjacent to an activating group) is 1. The summed E-state index contributed by atoms with van der Waals surface area (Å²) in [5.74, 6) is 0.172. The van der Waals surface area contributed by atoms with Gasteiger partial charge < -0.3 is 14.8 Å². The summed E-state index contributed by atoms with van der Waals surface area (Å²) in [5, 5.41) is 3.19. The number of piperidine rings is 1. The van der Waals surface area contributed by atoms with Crippen molar-refractivity contribution in [2.45, 2.75) is 32.2 Å². The summed E-state index contributed by atoms with van der Waals surface area (Å²) >= 11 is 0. The van der Waals surface area contributed by atoms with Gasteiger partial charge in [-0.2, -0.15) is 0 Å². The number of likely N-dealkylation sites (tertiary alicyclic amines) is 1. The minimum atomic E-state index is 0.172. The van der Waals surface area contributed by atoms with Crippen molar-refractivity contribution >= 4 is 5.91 Å². The van der Waals surface area contributed by atoms with Crippen LogP contribution in [-0.2, 0) is 7.05 Å². The van der Waals surface area contributed by atoms with E-state index in [4.69, 9.17) is 0 Å². The minimum absolute atomic E-state index is 0.172. The Morgan fingerprint density at radius 1 is 1.44 bits per heavy atom. The van der Waals surface area contributed by atoms with E-state index >= 15 is 0 Å². The standard InChI is InChI=1S/C14H23N3O/c1-11-7-8-13(16(11)3)14(18)17-9-5-4-6-12(17)10-15-2/h7-8,12,15H,4-6,9-10H2,1-3H3. The third-order valence-electron chi connectivity index (χ3n) is 3.92. The molecule has 1 amide bonds. The lowest BCUT2D eigenvalue weighted by Gasteiger charge is -2.35. The van der Waals surface area contributed by atoms with E-state index in [2.05, 4.69) is 5.32 Å². The van der Waals surface area contributed by atoms with E-state index < -0.39 is 0 Å². The Kier molecular flexibility index (Phi) is 4.07. The van der Waals surface area contributed by atoms with Gasteiger partial charge in [-0.15, -0.1) is 0 Å². The van der Waals surface area contributed by atoms with Gasteiger partial charge in [0, 0.05) is 31.9 Å². The summed E-state index contributed by atoms with van der Waals surface area (Å²) in [6, 6.07) is 4.28.